The lowest BCUT2D eigenvalue weighted by atomic mass is 10.2. The molecule has 8 heteroatoms. The number of amides is 1. The molecule has 1 fully saturated rings. The molecule has 1 aliphatic heterocycles. The van der Waals surface area contributed by atoms with E-state index in [1.54, 1.807) is 0 Å². The van der Waals surface area contributed by atoms with Gasteiger partial charge in [0, 0.05) is 32.7 Å². The van der Waals surface area contributed by atoms with Crippen LogP contribution in [0.25, 0.3) is 6.08 Å². The highest BCUT2D eigenvalue weighted by Gasteiger charge is 2.20. The molecule has 3 rings (SSSR count). The minimum Gasteiger partial charge on any atom is -0.298 e. The first-order valence-electron chi connectivity index (χ1n) is 9.28. The van der Waals surface area contributed by atoms with Crippen molar-refractivity contribution in [2.75, 3.05) is 32.7 Å². The largest absolute Gasteiger partial charge is 0.298 e. The predicted octanol–water partition coefficient (Wildman–Crippen LogP) is 2.82. The molecule has 1 aliphatic rings. The van der Waals surface area contributed by atoms with Gasteiger partial charge in [-0.15, -0.1) is 0 Å². The summed E-state index contributed by atoms with van der Waals surface area (Å²) < 4.78 is 27.4. The SMILES string of the molecule is O=C(NC(=S)NN1CCN(CC=Cc2ccccc2)CC1)c1c(F)cccc1F. The summed E-state index contributed by atoms with van der Waals surface area (Å²) in [6, 6.07) is 13.4. The van der Waals surface area contributed by atoms with Crippen LogP contribution in [-0.4, -0.2) is 53.7 Å². The number of thiocarbonyl (C=S) groups is 1. The summed E-state index contributed by atoms with van der Waals surface area (Å²) in [5.41, 5.74) is 3.42. The van der Waals surface area contributed by atoms with Crippen molar-refractivity contribution in [2.24, 2.45) is 0 Å². The molecule has 1 amide bonds. The number of hydrogen-bond donors (Lipinski definition) is 2. The molecule has 0 unspecified atom stereocenters. The van der Waals surface area contributed by atoms with Crippen molar-refractivity contribution in [1.29, 1.82) is 0 Å². The van der Waals surface area contributed by atoms with E-state index in [1.165, 1.54) is 11.6 Å². The number of piperazine rings is 1. The summed E-state index contributed by atoms with van der Waals surface area (Å²) in [5, 5.41) is 4.21. The summed E-state index contributed by atoms with van der Waals surface area (Å²) in [4.78, 5) is 14.4. The van der Waals surface area contributed by atoms with E-state index in [0.717, 1.165) is 31.8 Å². The van der Waals surface area contributed by atoms with Crippen LogP contribution in [0.2, 0.25) is 0 Å². The molecule has 29 heavy (non-hydrogen) atoms. The van der Waals surface area contributed by atoms with E-state index in [4.69, 9.17) is 12.2 Å². The first-order valence-corrected chi connectivity index (χ1v) is 9.68. The number of hydrazine groups is 1. The third kappa shape index (κ3) is 6.15. The van der Waals surface area contributed by atoms with E-state index in [0.29, 0.717) is 13.1 Å². The Morgan fingerprint density at radius 3 is 2.31 bits per heavy atom. The first kappa shape index (κ1) is 21.0. The molecule has 0 saturated carbocycles. The quantitative estimate of drug-likeness (QED) is 0.734. The van der Waals surface area contributed by atoms with Gasteiger partial charge in [0.1, 0.15) is 17.2 Å². The van der Waals surface area contributed by atoms with Crippen LogP contribution in [0.3, 0.4) is 0 Å². The van der Waals surface area contributed by atoms with Crippen LogP contribution in [0.4, 0.5) is 8.78 Å². The number of rotatable bonds is 5. The van der Waals surface area contributed by atoms with Gasteiger partial charge in [0.05, 0.1) is 0 Å². The highest BCUT2D eigenvalue weighted by atomic mass is 32.1. The Balaban J connectivity index is 1.41. The number of carbonyl (C=O) groups excluding carboxylic acids is 1. The number of nitrogens with zero attached hydrogens (tertiary/aromatic N) is 2. The summed E-state index contributed by atoms with van der Waals surface area (Å²) in [5.74, 6) is -2.77. The van der Waals surface area contributed by atoms with Gasteiger partial charge in [-0.05, 0) is 29.9 Å². The zero-order valence-corrected chi connectivity index (χ0v) is 16.6. The first-order chi connectivity index (χ1) is 14.0. The van der Waals surface area contributed by atoms with Gasteiger partial charge >= 0.3 is 0 Å². The Morgan fingerprint density at radius 2 is 1.66 bits per heavy atom. The van der Waals surface area contributed by atoms with Crippen molar-refractivity contribution in [3.8, 4) is 0 Å². The highest BCUT2D eigenvalue weighted by Crippen LogP contribution is 2.11. The Bertz CT molecular complexity index is 863. The molecule has 2 N–H and O–H groups in total. The second kappa shape index (κ2) is 10.2. The molecule has 1 saturated heterocycles. The monoisotopic (exact) mass is 416 g/mol. The molecule has 0 spiro atoms. The second-order valence-electron chi connectivity index (χ2n) is 6.59. The Morgan fingerprint density at radius 1 is 1.00 bits per heavy atom. The standard InChI is InChI=1S/C21H22F2N4OS/c22-17-9-4-10-18(23)19(17)20(28)24-21(29)25-27-14-12-26(13-15-27)11-5-8-16-6-2-1-3-7-16/h1-10H,11-15H2,(H2,24,25,28,29). The van der Waals surface area contributed by atoms with Crippen LogP contribution in [0.1, 0.15) is 15.9 Å². The predicted molar refractivity (Wildman–Crippen MR) is 113 cm³/mol. The molecule has 2 aromatic rings. The summed E-state index contributed by atoms with van der Waals surface area (Å²) in [6.07, 6.45) is 4.23. The fourth-order valence-corrected chi connectivity index (χ4v) is 3.22. The molecule has 0 bridgehead atoms. The third-order valence-corrected chi connectivity index (χ3v) is 4.72. The van der Waals surface area contributed by atoms with Gasteiger partial charge in [0.2, 0.25) is 0 Å². The van der Waals surface area contributed by atoms with E-state index in [1.807, 2.05) is 23.2 Å². The summed E-state index contributed by atoms with van der Waals surface area (Å²) in [7, 11) is 0. The van der Waals surface area contributed by atoms with Crippen LogP contribution in [-0.2, 0) is 0 Å². The molecular formula is C21H22F2N4OS. The second-order valence-corrected chi connectivity index (χ2v) is 7.00. The van der Waals surface area contributed by atoms with Gasteiger partial charge in [-0.3, -0.25) is 20.4 Å². The number of nitrogens with one attached hydrogen (secondary N) is 2. The molecule has 0 aliphatic carbocycles. The molecule has 0 aromatic heterocycles. The van der Waals surface area contributed by atoms with Crippen molar-refractivity contribution in [2.45, 2.75) is 0 Å². The van der Waals surface area contributed by atoms with Crippen LogP contribution in [0, 0.1) is 11.6 Å². The normalized spacial score (nSPS) is 15.4. The van der Waals surface area contributed by atoms with Crippen LogP contribution < -0.4 is 10.7 Å². The number of carbonyl (C=O) groups is 1. The lowest BCUT2D eigenvalue weighted by Gasteiger charge is -2.34. The van der Waals surface area contributed by atoms with Crippen molar-refractivity contribution < 1.29 is 13.6 Å². The molecule has 0 atom stereocenters. The van der Waals surface area contributed by atoms with Gasteiger partial charge in [0.25, 0.3) is 5.91 Å². The molecule has 152 valence electrons. The van der Waals surface area contributed by atoms with Gasteiger partial charge in [-0.1, -0.05) is 48.6 Å². The molecule has 2 aromatic carbocycles. The minimum absolute atomic E-state index is 0.00933. The fraction of sp³-hybridized carbons (Fsp3) is 0.238. The van der Waals surface area contributed by atoms with Gasteiger partial charge < -0.3 is 0 Å². The average molecular weight is 416 g/mol. The van der Waals surface area contributed by atoms with Crippen LogP contribution in [0.15, 0.2) is 54.6 Å². The maximum atomic E-state index is 13.7. The zero-order valence-electron chi connectivity index (χ0n) is 15.8. The molecule has 0 radical (unpaired) electrons. The van der Waals surface area contributed by atoms with E-state index in [9.17, 15) is 13.6 Å². The lowest BCUT2D eigenvalue weighted by Crippen LogP contribution is -2.56. The minimum atomic E-state index is -0.928. The van der Waals surface area contributed by atoms with Crippen LogP contribution >= 0.6 is 12.2 Å². The number of hydrogen-bond acceptors (Lipinski definition) is 4. The van der Waals surface area contributed by atoms with Crippen molar-refractivity contribution >= 4 is 29.3 Å². The number of benzene rings is 2. The Hall–Kier alpha value is -2.68. The van der Waals surface area contributed by atoms with E-state index >= 15 is 0 Å². The maximum absolute atomic E-state index is 13.7. The Kier molecular flexibility index (Phi) is 7.40. The molecular weight excluding hydrogens is 394 g/mol. The van der Waals surface area contributed by atoms with Crippen molar-refractivity contribution in [1.82, 2.24) is 20.7 Å². The van der Waals surface area contributed by atoms with Gasteiger partial charge in [0.15, 0.2) is 5.11 Å². The number of halogens is 2. The molecule has 1 heterocycles. The van der Waals surface area contributed by atoms with Crippen molar-refractivity contribution in [3.63, 3.8) is 0 Å². The van der Waals surface area contributed by atoms with Gasteiger partial charge in [-0.25, -0.2) is 13.8 Å². The lowest BCUT2D eigenvalue weighted by molar-refractivity contribution is 0.0956. The van der Waals surface area contributed by atoms with Crippen LogP contribution in [0.5, 0.6) is 0 Å². The Labute approximate surface area is 174 Å². The highest BCUT2D eigenvalue weighted by molar-refractivity contribution is 7.80. The zero-order chi connectivity index (χ0) is 20.6. The van der Waals surface area contributed by atoms with E-state index < -0.39 is 23.1 Å². The fourth-order valence-electron chi connectivity index (χ4n) is 3.00. The summed E-state index contributed by atoms with van der Waals surface area (Å²) in [6.45, 7) is 3.89. The van der Waals surface area contributed by atoms with Crippen molar-refractivity contribution in [3.05, 3.63) is 77.4 Å². The molecule has 5 nitrogen and oxygen atoms in total. The third-order valence-electron chi connectivity index (χ3n) is 4.52. The average Bonchev–Trinajstić information content (AvgIpc) is 2.70. The maximum Gasteiger partial charge on any atom is 0.263 e. The van der Waals surface area contributed by atoms with E-state index in [2.05, 4.69) is 39.9 Å². The summed E-state index contributed by atoms with van der Waals surface area (Å²) >= 11 is 5.10. The van der Waals surface area contributed by atoms with Gasteiger partial charge in [-0.2, -0.15) is 0 Å². The topological polar surface area (TPSA) is 47.6 Å². The smallest absolute Gasteiger partial charge is 0.263 e. The van der Waals surface area contributed by atoms with E-state index in [-0.39, 0.29) is 5.11 Å².